The predicted molar refractivity (Wildman–Crippen MR) is 79.3 cm³/mol. The topological polar surface area (TPSA) is 69.6 Å². The van der Waals surface area contributed by atoms with Crippen LogP contribution in [0.3, 0.4) is 0 Å². The smallest absolute Gasteiger partial charge is 0.185 e. The van der Waals surface area contributed by atoms with Gasteiger partial charge in [-0.2, -0.15) is 0 Å². The fourth-order valence-corrected chi connectivity index (χ4v) is 3.37. The fraction of sp³-hybridized carbons (Fsp3) is 0.500. The largest absolute Gasteiger partial charge is 0.398 e. The van der Waals surface area contributed by atoms with E-state index < -0.39 is 0 Å². The van der Waals surface area contributed by atoms with Crippen molar-refractivity contribution in [3.8, 4) is 11.4 Å². The number of benzene rings is 1. The number of nitrogens with two attached hydrogens (primary N) is 1. The SMILES string of the molecule is CC1(C)CCCC1n1nnnc1-c1c(N)cccc1Cl. The number of aromatic nitrogens is 4. The van der Waals surface area contributed by atoms with Gasteiger partial charge in [0.2, 0.25) is 0 Å². The molecule has 1 atom stereocenters. The van der Waals surface area contributed by atoms with Crippen LogP contribution in [0.15, 0.2) is 18.2 Å². The minimum absolute atomic E-state index is 0.181. The highest BCUT2D eigenvalue weighted by molar-refractivity contribution is 6.33. The molecule has 1 aromatic carbocycles. The van der Waals surface area contributed by atoms with Crippen molar-refractivity contribution in [3.05, 3.63) is 23.2 Å². The summed E-state index contributed by atoms with van der Waals surface area (Å²) < 4.78 is 1.89. The summed E-state index contributed by atoms with van der Waals surface area (Å²) in [6.45, 7) is 4.51. The van der Waals surface area contributed by atoms with Crippen molar-refractivity contribution >= 4 is 17.3 Å². The third-order valence-corrected chi connectivity index (χ3v) is 4.57. The van der Waals surface area contributed by atoms with Crippen molar-refractivity contribution in [2.45, 2.75) is 39.2 Å². The van der Waals surface area contributed by atoms with Crippen molar-refractivity contribution in [3.63, 3.8) is 0 Å². The Morgan fingerprint density at radius 1 is 1.40 bits per heavy atom. The van der Waals surface area contributed by atoms with Crippen LogP contribution in [0.1, 0.15) is 39.2 Å². The van der Waals surface area contributed by atoms with E-state index in [0.717, 1.165) is 12.0 Å². The molecule has 1 unspecified atom stereocenters. The van der Waals surface area contributed by atoms with Crippen LogP contribution < -0.4 is 5.73 Å². The van der Waals surface area contributed by atoms with Crippen molar-refractivity contribution in [2.24, 2.45) is 5.41 Å². The van der Waals surface area contributed by atoms with Crippen molar-refractivity contribution in [1.82, 2.24) is 20.2 Å². The lowest BCUT2D eigenvalue weighted by molar-refractivity contribution is 0.242. The highest BCUT2D eigenvalue weighted by Crippen LogP contribution is 2.47. The second kappa shape index (κ2) is 4.74. The van der Waals surface area contributed by atoms with Gasteiger partial charge in [0.05, 0.1) is 16.6 Å². The van der Waals surface area contributed by atoms with Gasteiger partial charge in [-0.05, 0) is 40.8 Å². The van der Waals surface area contributed by atoms with E-state index in [9.17, 15) is 0 Å². The van der Waals surface area contributed by atoms with Crippen LogP contribution in [-0.2, 0) is 0 Å². The molecule has 106 valence electrons. The lowest BCUT2D eigenvalue weighted by Gasteiger charge is -2.27. The molecule has 0 saturated heterocycles. The maximum absolute atomic E-state index is 6.28. The van der Waals surface area contributed by atoms with Crippen molar-refractivity contribution < 1.29 is 0 Å². The molecular weight excluding hydrogens is 274 g/mol. The van der Waals surface area contributed by atoms with Gasteiger partial charge >= 0.3 is 0 Å². The van der Waals surface area contributed by atoms with Gasteiger partial charge in [0.1, 0.15) is 0 Å². The molecule has 0 aliphatic heterocycles. The fourth-order valence-electron chi connectivity index (χ4n) is 3.11. The Morgan fingerprint density at radius 2 is 2.20 bits per heavy atom. The summed E-state index contributed by atoms with van der Waals surface area (Å²) in [6, 6.07) is 5.74. The van der Waals surface area contributed by atoms with Crippen LogP contribution in [-0.4, -0.2) is 20.2 Å². The molecule has 1 fully saturated rings. The van der Waals surface area contributed by atoms with E-state index in [1.54, 1.807) is 0 Å². The second-order valence-electron chi connectivity index (χ2n) is 6.05. The molecule has 2 aromatic rings. The lowest BCUT2D eigenvalue weighted by Crippen LogP contribution is -2.23. The van der Waals surface area contributed by atoms with Gasteiger partial charge in [-0.1, -0.05) is 37.9 Å². The molecule has 3 rings (SSSR count). The zero-order chi connectivity index (χ0) is 14.3. The normalized spacial score (nSPS) is 21.2. The summed E-state index contributed by atoms with van der Waals surface area (Å²) in [7, 11) is 0. The molecule has 2 N–H and O–H groups in total. The summed E-state index contributed by atoms with van der Waals surface area (Å²) in [5.74, 6) is 0.660. The zero-order valence-corrected chi connectivity index (χ0v) is 12.4. The number of halogens is 1. The Kier molecular flexibility index (Phi) is 3.17. The van der Waals surface area contributed by atoms with Crippen molar-refractivity contribution in [1.29, 1.82) is 0 Å². The summed E-state index contributed by atoms with van der Waals surface area (Å²) in [6.07, 6.45) is 3.44. The highest BCUT2D eigenvalue weighted by Gasteiger charge is 2.38. The Hall–Kier alpha value is -1.62. The standard InChI is InChI=1S/C14H18ClN5/c1-14(2)8-4-7-11(14)20-13(17-18-19-20)12-9(15)5-3-6-10(12)16/h3,5-6,11H,4,7-8,16H2,1-2H3. The molecule has 1 heterocycles. The molecule has 20 heavy (non-hydrogen) atoms. The van der Waals surface area contributed by atoms with E-state index in [4.69, 9.17) is 17.3 Å². The summed E-state index contributed by atoms with van der Waals surface area (Å²) in [5, 5.41) is 12.8. The van der Waals surface area contributed by atoms with E-state index in [1.807, 2.05) is 22.9 Å². The van der Waals surface area contributed by atoms with Gasteiger partial charge < -0.3 is 5.73 Å². The predicted octanol–water partition coefficient (Wildman–Crippen LogP) is 3.33. The second-order valence-corrected chi connectivity index (χ2v) is 6.45. The Morgan fingerprint density at radius 3 is 2.85 bits per heavy atom. The van der Waals surface area contributed by atoms with Crippen LogP contribution in [0.4, 0.5) is 5.69 Å². The first-order chi connectivity index (χ1) is 9.50. The number of rotatable bonds is 2. The first-order valence-corrected chi connectivity index (χ1v) is 7.21. The van der Waals surface area contributed by atoms with Crippen LogP contribution in [0.5, 0.6) is 0 Å². The molecule has 0 amide bonds. The molecule has 1 saturated carbocycles. The third kappa shape index (κ3) is 2.06. The number of nitrogens with zero attached hydrogens (tertiary/aromatic N) is 4. The number of tetrazole rings is 1. The van der Waals surface area contributed by atoms with Crippen LogP contribution in [0.2, 0.25) is 5.02 Å². The molecule has 1 aliphatic rings. The van der Waals surface area contributed by atoms with Crippen LogP contribution in [0.25, 0.3) is 11.4 Å². The monoisotopic (exact) mass is 291 g/mol. The number of anilines is 1. The van der Waals surface area contributed by atoms with E-state index in [1.165, 1.54) is 12.8 Å². The Balaban J connectivity index is 2.12. The molecular formula is C14H18ClN5. The van der Waals surface area contributed by atoms with Crippen LogP contribution in [0, 0.1) is 5.41 Å². The molecule has 0 bridgehead atoms. The summed E-state index contributed by atoms with van der Waals surface area (Å²) in [5.41, 5.74) is 7.56. The maximum atomic E-state index is 6.28. The maximum Gasteiger partial charge on any atom is 0.185 e. The van der Waals surface area contributed by atoms with Gasteiger partial charge in [0, 0.05) is 5.69 Å². The summed E-state index contributed by atoms with van der Waals surface area (Å²) in [4.78, 5) is 0. The molecule has 5 nitrogen and oxygen atoms in total. The van der Waals surface area contributed by atoms with Gasteiger partial charge in [-0.15, -0.1) is 5.10 Å². The van der Waals surface area contributed by atoms with Gasteiger partial charge in [-0.25, -0.2) is 4.68 Å². The Bertz CT molecular complexity index is 614. The van der Waals surface area contributed by atoms with E-state index >= 15 is 0 Å². The first kappa shape index (κ1) is 13.4. The first-order valence-electron chi connectivity index (χ1n) is 6.83. The average molecular weight is 292 g/mol. The van der Waals surface area contributed by atoms with Crippen LogP contribution >= 0.6 is 11.6 Å². The van der Waals surface area contributed by atoms with Gasteiger partial charge in [-0.3, -0.25) is 0 Å². The molecule has 1 aliphatic carbocycles. The summed E-state index contributed by atoms with van der Waals surface area (Å²) >= 11 is 6.28. The minimum Gasteiger partial charge on any atom is -0.398 e. The Labute approximate surface area is 123 Å². The van der Waals surface area contributed by atoms with E-state index in [0.29, 0.717) is 16.5 Å². The average Bonchev–Trinajstić information content (AvgIpc) is 2.95. The van der Waals surface area contributed by atoms with Gasteiger partial charge in [0.15, 0.2) is 5.82 Å². The minimum atomic E-state index is 0.181. The quantitative estimate of drug-likeness (QED) is 0.862. The number of hydrogen-bond acceptors (Lipinski definition) is 4. The van der Waals surface area contributed by atoms with Gasteiger partial charge in [0.25, 0.3) is 0 Å². The molecule has 1 aromatic heterocycles. The number of nitrogen functional groups attached to an aromatic ring is 1. The van der Waals surface area contributed by atoms with E-state index in [-0.39, 0.29) is 11.5 Å². The molecule has 6 heteroatoms. The lowest BCUT2D eigenvalue weighted by atomic mass is 9.87. The van der Waals surface area contributed by atoms with E-state index in [2.05, 4.69) is 29.4 Å². The third-order valence-electron chi connectivity index (χ3n) is 4.26. The number of hydrogen-bond donors (Lipinski definition) is 1. The van der Waals surface area contributed by atoms with Crippen molar-refractivity contribution in [2.75, 3.05) is 5.73 Å². The zero-order valence-electron chi connectivity index (χ0n) is 11.7. The molecule has 0 radical (unpaired) electrons. The molecule has 0 spiro atoms. The highest BCUT2D eigenvalue weighted by atomic mass is 35.5.